The molecule has 0 aliphatic rings. The molecule has 8 N–H and O–H groups in total. The van der Waals surface area contributed by atoms with Crippen LogP contribution in [0.4, 0.5) is 0 Å². The Labute approximate surface area is 206 Å². The molecule has 0 aromatic heterocycles. The molecule has 0 saturated heterocycles. The lowest BCUT2D eigenvalue weighted by atomic mass is 9.96. The molecule has 4 aromatic rings. The maximum absolute atomic E-state index is 10.5. The highest BCUT2D eigenvalue weighted by Gasteiger charge is 2.12. The van der Waals surface area contributed by atoms with E-state index in [2.05, 4.69) is 0 Å². The van der Waals surface area contributed by atoms with Gasteiger partial charge in [-0.25, -0.2) is 0 Å². The first-order valence-electron chi connectivity index (χ1n) is 11.2. The third kappa shape index (κ3) is 5.17. The van der Waals surface area contributed by atoms with Crippen LogP contribution in [-0.4, -0.2) is 40.9 Å². The molecule has 0 amide bonds. The second kappa shape index (κ2) is 9.87. The van der Waals surface area contributed by atoms with Crippen molar-refractivity contribution in [3.8, 4) is 57.1 Å². The molecule has 0 heterocycles. The summed E-state index contributed by atoms with van der Waals surface area (Å²) in [6.45, 7) is 0. The van der Waals surface area contributed by atoms with Gasteiger partial charge in [0.15, 0.2) is 34.5 Å². The van der Waals surface area contributed by atoms with Crippen LogP contribution in [0.5, 0.6) is 46.0 Å². The normalized spacial score (nSPS) is 11.0. The Morgan fingerprint density at radius 2 is 0.694 bits per heavy atom. The standard InChI is InChI=1S/C28H26O8/c29-21-13-19(7-5-17(21)3-1-15-9-23(31)27(35)24(32)10-15)20-8-6-18(22(30)14-20)4-2-16-11-25(33)28(36)26(34)12-16/h5-14,29-36H,1-4H2. The Hall–Kier alpha value is -4.72. The van der Waals surface area contributed by atoms with Crippen molar-refractivity contribution in [2.45, 2.75) is 25.7 Å². The van der Waals surface area contributed by atoms with Gasteiger partial charge in [-0.15, -0.1) is 0 Å². The zero-order chi connectivity index (χ0) is 26.0. The van der Waals surface area contributed by atoms with Gasteiger partial charge in [-0.3, -0.25) is 0 Å². The van der Waals surface area contributed by atoms with Crippen LogP contribution in [-0.2, 0) is 25.7 Å². The highest BCUT2D eigenvalue weighted by Crippen LogP contribution is 2.37. The minimum atomic E-state index is -0.570. The number of benzene rings is 4. The average molecular weight is 491 g/mol. The van der Waals surface area contributed by atoms with E-state index in [4.69, 9.17) is 0 Å². The van der Waals surface area contributed by atoms with Crippen LogP contribution in [0.3, 0.4) is 0 Å². The Morgan fingerprint density at radius 1 is 0.361 bits per heavy atom. The van der Waals surface area contributed by atoms with Gasteiger partial charge in [0.1, 0.15) is 11.5 Å². The molecule has 4 aromatic carbocycles. The van der Waals surface area contributed by atoms with Gasteiger partial charge < -0.3 is 40.9 Å². The van der Waals surface area contributed by atoms with Crippen molar-refractivity contribution in [2.24, 2.45) is 0 Å². The number of aryl methyl sites for hydroxylation is 4. The van der Waals surface area contributed by atoms with Crippen LogP contribution >= 0.6 is 0 Å². The summed E-state index contributed by atoms with van der Waals surface area (Å²) in [6, 6.07) is 15.8. The first kappa shape index (κ1) is 24.4. The molecule has 0 radical (unpaired) electrons. The maximum atomic E-state index is 10.5. The smallest absolute Gasteiger partial charge is 0.200 e. The number of phenols is 8. The monoisotopic (exact) mass is 490 g/mol. The molecule has 0 unspecified atom stereocenters. The van der Waals surface area contributed by atoms with Crippen LogP contribution in [0, 0.1) is 0 Å². The van der Waals surface area contributed by atoms with E-state index in [9.17, 15) is 40.9 Å². The summed E-state index contributed by atoms with van der Waals surface area (Å²) in [4.78, 5) is 0. The van der Waals surface area contributed by atoms with Crippen molar-refractivity contribution in [2.75, 3.05) is 0 Å². The van der Waals surface area contributed by atoms with Crippen LogP contribution in [0.25, 0.3) is 11.1 Å². The number of rotatable bonds is 7. The molecule has 8 heteroatoms. The van der Waals surface area contributed by atoms with Gasteiger partial charge in [-0.05, 0) is 95.5 Å². The number of hydrogen-bond acceptors (Lipinski definition) is 8. The van der Waals surface area contributed by atoms with E-state index in [0.29, 0.717) is 59.1 Å². The Bertz CT molecular complexity index is 1270. The van der Waals surface area contributed by atoms with Crippen LogP contribution in [0.2, 0.25) is 0 Å². The molecule has 0 aliphatic heterocycles. The second-order valence-corrected chi connectivity index (χ2v) is 8.65. The van der Waals surface area contributed by atoms with Gasteiger partial charge >= 0.3 is 0 Å². The van der Waals surface area contributed by atoms with Gasteiger partial charge in [0.25, 0.3) is 0 Å². The lowest BCUT2D eigenvalue weighted by Gasteiger charge is -2.11. The molecule has 8 nitrogen and oxygen atoms in total. The lowest BCUT2D eigenvalue weighted by molar-refractivity contribution is 0.367. The largest absolute Gasteiger partial charge is 0.508 e. The predicted molar refractivity (Wildman–Crippen MR) is 133 cm³/mol. The maximum Gasteiger partial charge on any atom is 0.200 e. The van der Waals surface area contributed by atoms with Crippen molar-refractivity contribution in [3.63, 3.8) is 0 Å². The zero-order valence-electron chi connectivity index (χ0n) is 19.2. The summed E-state index contributed by atoms with van der Waals surface area (Å²) in [7, 11) is 0. The minimum Gasteiger partial charge on any atom is -0.508 e. The number of phenolic OH excluding ortho intramolecular Hbond substituents is 8. The molecular weight excluding hydrogens is 464 g/mol. The second-order valence-electron chi connectivity index (χ2n) is 8.65. The van der Waals surface area contributed by atoms with E-state index in [1.807, 2.05) is 12.1 Å². The summed E-state index contributed by atoms with van der Waals surface area (Å²) in [6.07, 6.45) is 1.70. The first-order chi connectivity index (χ1) is 17.1. The van der Waals surface area contributed by atoms with Gasteiger partial charge in [-0.1, -0.05) is 24.3 Å². The predicted octanol–water partition coefficient (Wildman–Crippen LogP) is 4.57. The van der Waals surface area contributed by atoms with Crippen molar-refractivity contribution >= 4 is 0 Å². The topological polar surface area (TPSA) is 162 Å². The van der Waals surface area contributed by atoms with Crippen molar-refractivity contribution in [1.29, 1.82) is 0 Å². The Balaban J connectivity index is 1.44. The molecule has 0 fully saturated rings. The minimum absolute atomic E-state index is 0.0650. The van der Waals surface area contributed by atoms with E-state index < -0.39 is 34.5 Å². The molecule has 36 heavy (non-hydrogen) atoms. The quantitative estimate of drug-likeness (QED) is 0.175. The Kier molecular flexibility index (Phi) is 6.69. The van der Waals surface area contributed by atoms with E-state index in [1.165, 1.54) is 24.3 Å². The molecule has 0 atom stereocenters. The molecule has 0 saturated carbocycles. The van der Waals surface area contributed by atoms with Gasteiger partial charge in [0, 0.05) is 0 Å². The number of hydrogen-bond donors (Lipinski definition) is 8. The Morgan fingerprint density at radius 3 is 1.00 bits per heavy atom. The SMILES string of the molecule is Oc1cc(-c2ccc(CCc3cc(O)c(O)c(O)c3)c(O)c2)ccc1CCc1cc(O)c(O)c(O)c1. The van der Waals surface area contributed by atoms with Crippen LogP contribution < -0.4 is 0 Å². The van der Waals surface area contributed by atoms with Gasteiger partial charge in [0.05, 0.1) is 0 Å². The fraction of sp³-hybridized carbons (Fsp3) is 0.143. The summed E-state index contributed by atoms with van der Waals surface area (Å²) in [5.74, 6) is -2.65. The lowest BCUT2D eigenvalue weighted by Crippen LogP contribution is -1.94. The van der Waals surface area contributed by atoms with E-state index >= 15 is 0 Å². The fourth-order valence-corrected chi connectivity index (χ4v) is 4.08. The molecule has 186 valence electrons. The fourth-order valence-electron chi connectivity index (χ4n) is 4.08. The number of aromatic hydroxyl groups is 8. The first-order valence-corrected chi connectivity index (χ1v) is 11.2. The van der Waals surface area contributed by atoms with Crippen molar-refractivity contribution < 1.29 is 40.9 Å². The van der Waals surface area contributed by atoms with Crippen molar-refractivity contribution in [1.82, 2.24) is 0 Å². The van der Waals surface area contributed by atoms with E-state index in [-0.39, 0.29) is 11.5 Å². The summed E-state index contributed by atoms with van der Waals surface area (Å²) in [5.41, 5.74) is 3.92. The summed E-state index contributed by atoms with van der Waals surface area (Å²) < 4.78 is 0. The third-order valence-corrected chi connectivity index (χ3v) is 6.13. The van der Waals surface area contributed by atoms with Crippen LogP contribution in [0.1, 0.15) is 22.3 Å². The molecular formula is C28H26O8. The molecule has 0 aliphatic carbocycles. The molecule has 0 spiro atoms. The van der Waals surface area contributed by atoms with Crippen molar-refractivity contribution in [3.05, 3.63) is 82.9 Å². The van der Waals surface area contributed by atoms with Crippen LogP contribution in [0.15, 0.2) is 60.7 Å². The highest BCUT2D eigenvalue weighted by molar-refractivity contribution is 5.68. The summed E-state index contributed by atoms with van der Waals surface area (Å²) in [5, 5.41) is 78.6. The van der Waals surface area contributed by atoms with Gasteiger partial charge in [-0.2, -0.15) is 0 Å². The highest BCUT2D eigenvalue weighted by atomic mass is 16.3. The summed E-state index contributed by atoms with van der Waals surface area (Å²) >= 11 is 0. The molecule has 4 rings (SSSR count). The zero-order valence-corrected chi connectivity index (χ0v) is 19.2. The van der Waals surface area contributed by atoms with E-state index in [0.717, 1.165) is 0 Å². The average Bonchev–Trinajstić information content (AvgIpc) is 2.84. The third-order valence-electron chi connectivity index (χ3n) is 6.13. The van der Waals surface area contributed by atoms with E-state index in [1.54, 1.807) is 24.3 Å². The van der Waals surface area contributed by atoms with Gasteiger partial charge in [0.2, 0.25) is 0 Å². The molecule has 0 bridgehead atoms.